The molecule has 2 rings (SSSR count). The van der Waals surface area contributed by atoms with Gasteiger partial charge in [-0.3, -0.25) is 4.79 Å². The topological polar surface area (TPSA) is 59.4 Å². The number of nitrogens with zero attached hydrogens (tertiary/aromatic N) is 1. The van der Waals surface area contributed by atoms with E-state index >= 15 is 0 Å². The molecule has 0 aliphatic carbocycles. The zero-order valence-corrected chi connectivity index (χ0v) is 11.7. The Morgan fingerprint density at radius 1 is 1.25 bits per heavy atom. The van der Waals surface area contributed by atoms with Crippen molar-refractivity contribution >= 4 is 17.4 Å². The van der Waals surface area contributed by atoms with Crippen LogP contribution in [-0.4, -0.2) is 23.0 Å². The third kappa shape index (κ3) is 3.71. The van der Waals surface area contributed by atoms with E-state index in [4.69, 9.17) is 16.3 Å². The number of aromatic nitrogens is 1. The van der Waals surface area contributed by atoms with Gasteiger partial charge in [-0.1, -0.05) is 17.7 Å². The molecular weight excluding hydrogens is 278 g/mol. The molecule has 0 radical (unpaired) electrons. The van der Waals surface area contributed by atoms with Crippen molar-refractivity contribution < 1.29 is 14.6 Å². The second kappa shape index (κ2) is 6.39. The van der Waals surface area contributed by atoms with E-state index in [-0.39, 0.29) is 23.0 Å². The summed E-state index contributed by atoms with van der Waals surface area (Å²) in [5.74, 6) is 0.560. The lowest BCUT2D eigenvalue weighted by atomic mass is 10.0. The number of Topliss-reactive ketones (excluding diaryl/α,β-unsaturated/α-hetero) is 1. The van der Waals surface area contributed by atoms with Crippen LogP contribution in [0.1, 0.15) is 11.1 Å². The summed E-state index contributed by atoms with van der Waals surface area (Å²) in [6.45, 7) is 0. The molecule has 1 aromatic carbocycles. The molecule has 0 unspecified atom stereocenters. The Kier molecular flexibility index (Phi) is 4.58. The molecule has 5 heteroatoms. The number of carbonyl (C=O) groups excluding carboxylic acids is 1. The summed E-state index contributed by atoms with van der Waals surface area (Å²) < 4.78 is 5.02. The van der Waals surface area contributed by atoms with Gasteiger partial charge in [0.25, 0.3) is 0 Å². The molecule has 1 N–H and O–H groups in total. The van der Waals surface area contributed by atoms with E-state index < -0.39 is 0 Å². The first-order valence-electron chi connectivity index (χ1n) is 6.06. The molecule has 0 aliphatic heterocycles. The predicted molar refractivity (Wildman–Crippen MR) is 76.3 cm³/mol. The highest BCUT2D eigenvalue weighted by atomic mass is 35.5. The molecule has 0 amide bonds. The van der Waals surface area contributed by atoms with Crippen molar-refractivity contribution in [1.29, 1.82) is 0 Å². The van der Waals surface area contributed by atoms with E-state index in [0.717, 1.165) is 11.1 Å². The van der Waals surface area contributed by atoms with Crippen molar-refractivity contribution in [2.75, 3.05) is 7.11 Å². The number of aromatic hydroxyl groups is 1. The third-order valence-electron chi connectivity index (χ3n) is 2.82. The number of ketones is 1. The Morgan fingerprint density at radius 2 is 1.95 bits per heavy atom. The molecule has 2 aromatic rings. The molecule has 0 saturated heterocycles. The van der Waals surface area contributed by atoms with Gasteiger partial charge in [-0.15, -0.1) is 0 Å². The molecule has 0 aliphatic rings. The number of hydrogen-bond acceptors (Lipinski definition) is 4. The maximum atomic E-state index is 12.0. The van der Waals surface area contributed by atoms with Crippen molar-refractivity contribution in [1.82, 2.24) is 4.98 Å². The summed E-state index contributed by atoms with van der Waals surface area (Å²) >= 11 is 5.81. The van der Waals surface area contributed by atoms with Gasteiger partial charge in [0, 0.05) is 25.1 Å². The highest BCUT2D eigenvalue weighted by Gasteiger charge is 2.08. The number of phenols is 1. The van der Waals surface area contributed by atoms with Crippen molar-refractivity contribution in [2.45, 2.75) is 12.8 Å². The Labute approximate surface area is 122 Å². The first-order chi connectivity index (χ1) is 9.58. The Balaban J connectivity index is 2.03. The van der Waals surface area contributed by atoms with Crippen molar-refractivity contribution in [3.63, 3.8) is 0 Å². The molecule has 4 nitrogen and oxygen atoms in total. The molecule has 0 bridgehead atoms. The average Bonchev–Trinajstić information content (AvgIpc) is 2.43. The monoisotopic (exact) mass is 291 g/mol. The molecular formula is C15H14ClNO3. The van der Waals surface area contributed by atoms with E-state index in [1.165, 1.54) is 13.2 Å². The summed E-state index contributed by atoms with van der Waals surface area (Å²) in [5, 5.41) is 9.58. The van der Waals surface area contributed by atoms with Gasteiger partial charge in [-0.25, -0.2) is 4.98 Å². The number of hydrogen-bond donors (Lipinski definition) is 1. The number of methoxy groups -OCH3 is 1. The molecule has 0 atom stereocenters. The van der Waals surface area contributed by atoms with Crippen LogP contribution in [0.15, 0.2) is 36.5 Å². The number of benzene rings is 1. The minimum atomic E-state index is 0.0155. The highest BCUT2D eigenvalue weighted by molar-refractivity contribution is 6.32. The minimum Gasteiger partial charge on any atom is -0.506 e. The normalized spacial score (nSPS) is 10.3. The van der Waals surface area contributed by atoms with Crippen LogP contribution in [0.3, 0.4) is 0 Å². The second-order valence-electron chi connectivity index (χ2n) is 4.38. The predicted octanol–water partition coefficient (Wildman–Crippen LogP) is 2.80. The fourth-order valence-corrected chi connectivity index (χ4v) is 2.05. The van der Waals surface area contributed by atoms with E-state index in [0.29, 0.717) is 12.3 Å². The molecule has 104 valence electrons. The molecule has 1 heterocycles. The molecule has 1 aromatic heterocycles. The van der Waals surface area contributed by atoms with Crippen LogP contribution >= 0.6 is 11.6 Å². The van der Waals surface area contributed by atoms with Gasteiger partial charge in [-0.05, 0) is 29.3 Å². The molecule has 20 heavy (non-hydrogen) atoms. The van der Waals surface area contributed by atoms with Gasteiger partial charge in [0.1, 0.15) is 11.5 Å². The Bertz CT molecular complexity index is 628. The van der Waals surface area contributed by atoms with Crippen molar-refractivity contribution in [3.05, 3.63) is 52.7 Å². The summed E-state index contributed by atoms with van der Waals surface area (Å²) in [7, 11) is 1.53. The summed E-state index contributed by atoms with van der Waals surface area (Å²) in [6, 6.07) is 8.29. The maximum Gasteiger partial charge on any atom is 0.213 e. The smallest absolute Gasteiger partial charge is 0.213 e. The average molecular weight is 292 g/mol. The van der Waals surface area contributed by atoms with E-state index in [9.17, 15) is 9.90 Å². The Hall–Kier alpha value is -2.07. The number of rotatable bonds is 5. The van der Waals surface area contributed by atoms with Crippen LogP contribution in [0, 0.1) is 0 Å². The van der Waals surface area contributed by atoms with Gasteiger partial charge >= 0.3 is 0 Å². The first kappa shape index (κ1) is 14.3. The number of pyridine rings is 1. The summed E-state index contributed by atoms with van der Waals surface area (Å²) in [4.78, 5) is 16.0. The number of phenolic OH excluding ortho intramolecular Hbond substituents is 1. The zero-order valence-electron chi connectivity index (χ0n) is 11.0. The van der Waals surface area contributed by atoms with Crippen LogP contribution in [0.2, 0.25) is 5.02 Å². The van der Waals surface area contributed by atoms with Crippen molar-refractivity contribution in [3.8, 4) is 11.6 Å². The largest absolute Gasteiger partial charge is 0.506 e. The maximum absolute atomic E-state index is 12.0. The quantitative estimate of drug-likeness (QED) is 0.920. The van der Waals surface area contributed by atoms with Crippen LogP contribution in [0.25, 0.3) is 0 Å². The van der Waals surface area contributed by atoms with Gasteiger partial charge in [0.2, 0.25) is 5.88 Å². The van der Waals surface area contributed by atoms with Crippen LogP contribution < -0.4 is 4.74 Å². The molecule has 0 saturated carbocycles. The van der Waals surface area contributed by atoms with Gasteiger partial charge in [0.15, 0.2) is 0 Å². The number of carbonyl (C=O) groups is 1. The minimum absolute atomic E-state index is 0.0155. The lowest BCUT2D eigenvalue weighted by Crippen LogP contribution is -2.07. The molecule has 0 spiro atoms. The zero-order chi connectivity index (χ0) is 14.5. The third-order valence-corrected chi connectivity index (χ3v) is 3.13. The Morgan fingerprint density at radius 3 is 2.60 bits per heavy atom. The fourth-order valence-electron chi connectivity index (χ4n) is 1.85. The molecule has 0 fully saturated rings. The van der Waals surface area contributed by atoms with E-state index in [2.05, 4.69) is 4.98 Å². The summed E-state index contributed by atoms with van der Waals surface area (Å²) in [5.41, 5.74) is 1.63. The fraction of sp³-hybridized carbons (Fsp3) is 0.200. The first-order valence-corrected chi connectivity index (χ1v) is 6.44. The van der Waals surface area contributed by atoms with Gasteiger partial charge in [0.05, 0.1) is 12.1 Å². The van der Waals surface area contributed by atoms with Crippen LogP contribution in [0.5, 0.6) is 11.6 Å². The van der Waals surface area contributed by atoms with E-state index in [1.54, 1.807) is 30.5 Å². The lowest BCUT2D eigenvalue weighted by molar-refractivity contribution is -0.117. The van der Waals surface area contributed by atoms with Gasteiger partial charge in [-0.2, -0.15) is 0 Å². The highest BCUT2D eigenvalue weighted by Crippen LogP contribution is 2.24. The van der Waals surface area contributed by atoms with Crippen LogP contribution in [-0.2, 0) is 17.6 Å². The van der Waals surface area contributed by atoms with Crippen molar-refractivity contribution in [2.24, 2.45) is 0 Å². The number of ether oxygens (including phenoxy) is 1. The van der Waals surface area contributed by atoms with Gasteiger partial charge < -0.3 is 9.84 Å². The summed E-state index contributed by atoms with van der Waals surface area (Å²) in [6.07, 6.45) is 2.18. The SMILES string of the molecule is COc1cc(CC(=O)Cc2ccc(O)c(Cl)c2)ccn1. The lowest BCUT2D eigenvalue weighted by Gasteiger charge is -2.05. The van der Waals surface area contributed by atoms with E-state index in [1.807, 2.05) is 0 Å². The number of halogens is 1. The second-order valence-corrected chi connectivity index (χ2v) is 4.79. The standard InChI is InChI=1S/C15H14ClNO3/c1-20-15-9-11(4-5-17-15)7-12(18)6-10-2-3-14(19)13(16)8-10/h2-5,8-9,19H,6-7H2,1H3. The van der Waals surface area contributed by atoms with Crippen LogP contribution in [0.4, 0.5) is 0 Å².